The van der Waals surface area contributed by atoms with Crippen LogP contribution in [0.3, 0.4) is 0 Å². The Labute approximate surface area is 211 Å². The van der Waals surface area contributed by atoms with Crippen molar-refractivity contribution < 1.29 is 0 Å². The summed E-state index contributed by atoms with van der Waals surface area (Å²) >= 11 is 0. The molecular weight excluding hydrogens is 448 g/mol. The van der Waals surface area contributed by atoms with Crippen molar-refractivity contribution in [2.75, 3.05) is 10.6 Å². The zero-order valence-corrected chi connectivity index (χ0v) is 20.6. The predicted molar refractivity (Wildman–Crippen MR) is 144 cm³/mol. The van der Waals surface area contributed by atoms with Gasteiger partial charge in [0.25, 0.3) is 0 Å². The third kappa shape index (κ3) is 4.91. The van der Waals surface area contributed by atoms with Gasteiger partial charge in [-0.15, -0.1) is 0 Å². The Morgan fingerprint density at radius 3 is 2.44 bits per heavy atom. The van der Waals surface area contributed by atoms with Gasteiger partial charge in [-0.1, -0.05) is 49.2 Å². The van der Waals surface area contributed by atoms with Crippen LogP contribution in [0.4, 0.5) is 11.8 Å². The molecule has 186 valence electrons. The van der Waals surface area contributed by atoms with Gasteiger partial charge in [0.05, 0.1) is 12.0 Å². The molecule has 1 aromatic carbocycles. The summed E-state index contributed by atoms with van der Waals surface area (Å²) in [5, 5.41) is 7.12. The summed E-state index contributed by atoms with van der Waals surface area (Å²) in [5.41, 5.74) is 11.0. The number of nitrogens with zero attached hydrogens (tertiary/aromatic N) is 5. The number of benzene rings is 1. The summed E-state index contributed by atoms with van der Waals surface area (Å²) < 4.78 is 2.26. The fourth-order valence-corrected chi connectivity index (χ4v) is 5.49. The van der Waals surface area contributed by atoms with Gasteiger partial charge < -0.3 is 20.9 Å². The second kappa shape index (κ2) is 10.2. The molecule has 36 heavy (non-hydrogen) atoms. The lowest BCUT2D eigenvalue weighted by atomic mass is 9.92. The maximum absolute atomic E-state index is 6.12. The second-order valence-corrected chi connectivity index (χ2v) is 10.2. The number of fused-ring (bicyclic) bond motifs is 1. The van der Waals surface area contributed by atoms with Crippen LogP contribution >= 0.6 is 0 Å². The largest absolute Gasteiger partial charge is 0.364 e. The SMILES string of the molecule is NC1CCC(Nc2nc(NCc3ccc(-c4ccccc4)nc3)c3ncn(C4CCCC4)c3n2)CC1. The van der Waals surface area contributed by atoms with E-state index in [0.29, 0.717) is 30.6 Å². The Bertz CT molecular complexity index is 1290. The van der Waals surface area contributed by atoms with E-state index in [9.17, 15) is 0 Å². The molecule has 6 rings (SSSR count). The van der Waals surface area contributed by atoms with Crippen molar-refractivity contribution in [3.63, 3.8) is 0 Å². The molecule has 0 saturated heterocycles. The smallest absolute Gasteiger partial charge is 0.227 e. The van der Waals surface area contributed by atoms with E-state index in [1.54, 1.807) is 0 Å². The highest BCUT2D eigenvalue weighted by molar-refractivity contribution is 5.84. The van der Waals surface area contributed by atoms with Gasteiger partial charge in [0.15, 0.2) is 17.0 Å². The fraction of sp³-hybridized carbons (Fsp3) is 0.429. The number of imidazole rings is 1. The Kier molecular flexibility index (Phi) is 6.51. The zero-order chi connectivity index (χ0) is 24.3. The van der Waals surface area contributed by atoms with Crippen molar-refractivity contribution in [1.29, 1.82) is 0 Å². The van der Waals surface area contributed by atoms with Crippen LogP contribution in [0, 0.1) is 0 Å². The number of hydrogen-bond acceptors (Lipinski definition) is 7. The first-order chi connectivity index (χ1) is 17.7. The molecule has 3 heterocycles. The molecule has 0 radical (unpaired) electrons. The Balaban J connectivity index is 1.25. The summed E-state index contributed by atoms with van der Waals surface area (Å²) in [6.45, 7) is 0.613. The van der Waals surface area contributed by atoms with Gasteiger partial charge in [-0.3, -0.25) is 4.98 Å². The number of nitrogens with two attached hydrogens (primary N) is 1. The first kappa shape index (κ1) is 22.9. The maximum atomic E-state index is 6.12. The van der Waals surface area contributed by atoms with Crippen LogP contribution in [-0.4, -0.2) is 36.6 Å². The minimum absolute atomic E-state index is 0.314. The molecule has 0 aliphatic heterocycles. The molecule has 8 heteroatoms. The van der Waals surface area contributed by atoms with Gasteiger partial charge in [-0.2, -0.15) is 9.97 Å². The molecule has 3 aromatic heterocycles. The van der Waals surface area contributed by atoms with E-state index in [1.165, 1.54) is 25.7 Å². The number of hydrogen-bond donors (Lipinski definition) is 3. The summed E-state index contributed by atoms with van der Waals surface area (Å²) in [6, 6.07) is 15.6. The van der Waals surface area contributed by atoms with E-state index in [4.69, 9.17) is 20.7 Å². The fourth-order valence-electron chi connectivity index (χ4n) is 5.49. The van der Waals surface area contributed by atoms with Crippen molar-refractivity contribution in [3.05, 3.63) is 60.6 Å². The molecule has 4 aromatic rings. The molecule has 2 saturated carbocycles. The molecule has 2 aliphatic carbocycles. The van der Waals surface area contributed by atoms with E-state index in [0.717, 1.165) is 59.5 Å². The summed E-state index contributed by atoms with van der Waals surface area (Å²) in [5.74, 6) is 1.43. The Hall–Kier alpha value is -3.52. The van der Waals surface area contributed by atoms with Gasteiger partial charge in [0.2, 0.25) is 5.95 Å². The maximum Gasteiger partial charge on any atom is 0.227 e. The molecule has 0 atom stereocenters. The predicted octanol–water partition coefficient (Wildman–Crippen LogP) is 5.30. The molecule has 0 amide bonds. The standard InChI is InChI=1S/C28H34N8/c29-21-11-13-22(14-12-21)33-28-34-26(25-27(35-28)36(18-32-25)23-8-4-5-9-23)31-17-19-10-15-24(30-16-19)20-6-2-1-3-7-20/h1-3,6-7,10,15-16,18,21-23H,4-5,8-9,11-14,17,29H2,(H2,31,33,34,35). The summed E-state index contributed by atoms with van der Waals surface area (Å²) in [7, 11) is 0. The van der Waals surface area contributed by atoms with Crippen molar-refractivity contribution in [2.24, 2.45) is 5.73 Å². The molecule has 0 bridgehead atoms. The number of aromatic nitrogens is 5. The van der Waals surface area contributed by atoms with Crippen LogP contribution in [0.25, 0.3) is 22.4 Å². The summed E-state index contributed by atoms with van der Waals surface area (Å²) in [4.78, 5) is 19.2. The minimum Gasteiger partial charge on any atom is -0.364 e. The first-order valence-electron chi connectivity index (χ1n) is 13.2. The molecule has 0 unspecified atom stereocenters. The number of nitrogens with one attached hydrogen (secondary N) is 2. The Morgan fingerprint density at radius 1 is 0.889 bits per heavy atom. The van der Waals surface area contributed by atoms with Crippen molar-refractivity contribution in [3.8, 4) is 11.3 Å². The number of anilines is 2. The average molecular weight is 483 g/mol. The molecule has 4 N–H and O–H groups in total. The van der Waals surface area contributed by atoms with Crippen molar-refractivity contribution >= 4 is 22.9 Å². The van der Waals surface area contributed by atoms with E-state index in [2.05, 4.69) is 44.5 Å². The average Bonchev–Trinajstić information content (AvgIpc) is 3.60. The van der Waals surface area contributed by atoms with Crippen LogP contribution < -0.4 is 16.4 Å². The first-order valence-corrected chi connectivity index (χ1v) is 13.2. The zero-order valence-electron chi connectivity index (χ0n) is 20.6. The van der Waals surface area contributed by atoms with Gasteiger partial charge in [-0.25, -0.2) is 4.98 Å². The third-order valence-electron chi connectivity index (χ3n) is 7.60. The molecule has 2 fully saturated rings. The molecule has 8 nitrogen and oxygen atoms in total. The van der Waals surface area contributed by atoms with E-state index < -0.39 is 0 Å². The Morgan fingerprint density at radius 2 is 1.69 bits per heavy atom. The number of rotatable bonds is 7. The highest BCUT2D eigenvalue weighted by atomic mass is 15.2. The number of pyridine rings is 1. The minimum atomic E-state index is 0.314. The second-order valence-electron chi connectivity index (χ2n) is 10.2. The van der Waals surface area contributed by atoms with Gasteiger partial charge in [0.1, 0.15) is 0 Å². The lowest BCUT2D eigenvalue weighted by Crippen LogP contribution is -2.33. The van der Waals surface area contributed by atoms with Crippen LogP contribution in [0.1, 0.15) is 63.0 Å². The lowest BCUT2D eigenvalue weighted by molar-refractivity contribution is 0.410. The summed E-state index contributed by atoms with van der Waals surface area (Å²) in [6.07, 6.45) is 12.9. The van der Waals surface area contributed by atoms with Crippen LogP contribution in [0.5, 0.6) is 0 Å². The van der Waals surface area contributed by atoms with Gasteiger partial charge >= 0.3 is 0 Å². The normalized spacial score (nSPS) is 20.6. The lowest BCUT2D eigenvalue weighted by Gasteiger charge is -2.27. The van der Waals surface area contributed by atoms with Gasteiger partial charge in [0, 0.05) is 36.4 Å². The topological polar surface area (TPSA) is 107 Å². The molecule has 2 aliphatic rings. The molecule has 0 spiro atoms. The van der Waals surface area contributed by atoms with E-state index >= 15 is 0 Å². The van der Waals surface area contributed by atoms with Crippen molar-refractivity contribution in [2.45, 2.75) is 76.0 Å². The third-order valence-corrected chi connectivity index (χ3v) is 7.60. The monoisotopic (exact) mass is 482 g/mol. The van der Waals surface area contributed by atoms with Gasteiger partial charge in [-0.05, 0) is 50.2 Å². The van der Waals surface area contributed by atoms with Crippen LogP contribution in [0.2, 0.25) is 0 Å². The highest BCUT2D eigenvalue weighted by Crippen LogP contribution is 2.33. The van der Waals surface area contributed by atoms with Crippen molar-refractivity contribution in [1.82, 2.24) is 24.5 Å². The van der Waals surface area contributed by atoms with Crippen LogP contribution in [0.15, 0.2) is 55.0 Å². The van der Waals surface area contributed by atoms with E-state index in [-0.39, 0.29) is 0 Å². The van der Waals surface area contributed by atoms with Crippen LogP contribution in [-0.2, 0) is 6.54 Å². The highest BCUT2D eigenvalue weighted by Gasteiger charge is 2.23. The van der Waals surface area contributed by atoms with E-state index in [1.807, 2.05) is 30.7 Å². The quantitative estimate of drug-likeness (QED) is 0.328. The molecular formula is C28H34N8.